The second kappa shape index (κ2) is 5.38. The molecule has 19 heavy (non-hydrogen) atoms. The number of hydrogen-bond donors (Lipinski definition) is 0. The van der Waals surface area contributed by atoms with E-state index in [2.05, 4.69) is 0 Å². The molecule has 3 rings (SSSR count). The zero-order valence-corrected chi connectivity index (χ0v) is 12.6. The highest BCUT2D eigenvalue weighted by Crippen LogP contribution is 2.44. The summed E-state index contributed by atoms with van der Waals surface area (Å²) in [6.07, 6.45) is 7.01. The Morgan fingerprint density at radius 2 is 2.11 bits per heavy atom. The van der Waals surface area contributed by atoms with Crippen LogP contribution in [-0.2, 0) is 14.3 Å². The number of ketones is 1. The first-order chi connectivity index (χ1) is 9.20. The second-order valence-corrected chi connectivity index (χ2v) is 7.40. The Kier molecular flexibility index (Phi) is 3.93. The van der Waals surface area contributed by atoms with Crippen LogP contribution in [0.1, 0.15) is 44.9 Å². The van der Waals surface area contributed by atoms with Crippen LogP contribution in [0.5, 0.6) is 0 Å². The smallest absolute Gasteiger partial charge is 0.167 e. The number of rotatable bonds is 3. The molecule has 0 N–H and O–H groups in total. The monoisotopic (exact) mass is 284 g/mol. The van der Waals surface area contributed by atoms with E-state index in [1.807, 2.05) is 11.8 Å². The molecule has 0 aromatic carbocycles. The highest BCUT2D eigenvalue weighted by Gasteiger charge is 2.49. The van der Waals surface area contributed by atoms with Gasteiger partial charge in [-0.05, 0) is 50.7 Å². The third-order valence-corrected chi connectivity index (χ3v) is 6.40. The molecule has 3 nitrogen and oxygen atoms in total. The van der Waals surface area contributed by atoms with Crippen molar-refractivity contribution in [3.63, 3.8) is 0 Å². The molecule has 3 fully saturated rings. The predicted octanol–water partition coefficient (Wildman–Crippen LogP) is 2.82. The zero-order chi connectivity index (χ0) is 13.3. The van der Waals surface area contributed by atoms with Gasteiger partial charge in [0.25, 0.3) is 0 Å². The molecule has 2 atom stereocenters. The van der Waals surface area contributed by atoms with E-state index in [1.54, 1.807) is 7.11 Å². The summed E-state index contributed by atoms with van der Waals surface area (Å²) in [6, 6.07) is 0. The van der Waals surface area contributed by atoms with Crippen LogP contribution in [0.2, 0.25) is 0 Å². The lowest BCUT2D eigenvalue weighted by molar-refractivity contribution is -0.154. The Labute approximate surface area is 119 Å². The summed E-state index contributed by atoms with van der Waals surface area (Å²) < 4.78 is 11.7. The quantitative estimate of drug-likeness (QED) is 0.798. The largest absolute Gasteiger partial charge is 0.374 e. The van der Waals surface area contributed by atoms with E-state index in [0.717, 1.165) is 57.3 Å². The summed E-state index contributed by atoms with van der Waals surface area (Å²) in [5.41, 5.74) is -0.467. The van der Waals surface area contributed by atoms with Gasteiger partial charge in [0.05, 0.1) is 5.60 Å². The van der Waals surface area contributed by atoms with Crippen LogP contribution in [-0.4, -0.2) is 42.2 Å². The third-order valence-electron chi connectivity index (χ3n) is 5.18. The van der Waals surface area contributed by atoms with Crippen molar-refractivity contribution in [3.8, 4) is 0 Å². The van der Waals surface area contributed by atoms with Crippen molar-refractivity contribution >= 4 is 17.5 Å². The summed E-state index contributed by atoms with van der Waals surface area (Å²) in [4.78, 5) is 12.9. The molecule has 1 spiro atoms. The summed E-state index contributed by atoms with van der Waals surface area (Å²) in [5, 5.41) is 0. The number of thioether (sulfide) groups is 1. The molecule has 2 heterocycles. The standard InChI is InChI=1S/C15H24O3S/c1-17-15(5-2-3-6-15)13(16)12-4-8-18-14(10-12)7-9-19-11-14/h12H,2-11H2,1H3. The summed E-state index contributed by atoms with van der Waals surface area (Å²) in [7, 11) is 1.71. The minimum absolute atomic E-state index is 0.00320. The van der Waals surface area contributed by atoms with Gasteiger partial charge in [-0.3, -0.25) is 4.79 Å². The van der Waals surface area contributed by atoms with Crippen molar-refractivity contribution in [1.82, 2.24) is 0 Å². The summed E-state index contributed by atoms with van der Waals surface area (Å²) in [5.74, 6) is 2.77. The molecule has 4 heteroatoms. The lowest BCUT2D eigenvalue weighted by Gasteiger charge is -2.40. The van der Waals surface area contributed by atoms with Crippen molar-refractivity contribution in [1.29, 1.82) is 0 Å². The van der Waals surface area contributed by atoms with E-state index in [-0.39, 0.29) is 11.5 Å². The van der Waals surface area contributed by atoms with E-state index in [4.69, 9.17) is 9.47 Å². The fourth-order valence-corrected chi connectivity index (χ4v) is 5.36. The molecule has 2 saturated heterocycles. The predicted molar refractivity (Wildman–Crippen MR) is 76.6 cm³/mol. The lowest BCUT2D eigenvalue weighted by atomic mass is 9.77. The van der Waals surface area contributed by atoms with Crippen molar-refractivity contribution < 1.29 is 14.3 Å². The average Bonchev–Trinajstić information content (AvgIpc) is 3.08. The van der Waals surface area contributed by atoms with Crippen LogP contribution in [0.25, 0.3) is 0 Å². The Morgan fingerprint density at radius 1 is 1.32 bits per heavy atom. The normalized spacial score (nSPS) is 37.8. The molecule has 2 aliphatic heterocycles. The number of carbonyl (C=O) groups excluding carboxylic acids is 1. The molecule has 1 saturated carbocycles. The van der Waals surface area contributed by atoms with Crippen LogP contribution >= 0.6 is 11.8 Å². The Hall–Kier alpha value is -0.0600. The third kappa shape index (κ3) is 2.47. The highest BCUT2D eigenvalue weighted by molar-refractivity contribution is 7.99. The van der Waals surface area contributed by atoms with Crippen molar-refractivity contribution in [2.75, 3.05) is 25.2 Å². The molecule has 0 bridgehead atoms. The van der Waals surface area contributed by atoms with Gasteiger partial charge in [-0.15, -0.1) is 0 Å². The minimum Gasteiger partial charge on any atom is -0.374 e. The van der Waals surface area contributed by atoms with Gasteiger partial charge in [-0.1, -0.05) is 0 Å². The van der Waals surface area contributed by atoms with Gasteiger partial charge in [-0.25, -0.2) is 0 Å². The summed E-state index contributed by atoms with van der Waals surface area (Å²) in [6.45, 7) is 0.747. The first kappa shape index (κ1) is 13.9. The number of hydrogen-bond acceptors (Lipinski definition) is 4. The first-order valence-corrected chi connectivity index (χ1v) is 8.66. The molecule has 108 valence electrons. The van der Waals surface area contributed by atoms with E-state index in [1.165, 1.54) is 5.75 Å². The van der Waals surface area contributed by atoms with E-state index in [0.29, 0.717) is 5.78 Å². The van der Waals surface area contributed by atoms with Crippen molar-refractivity contribution in [2.45, 2.75) is 56.1 Å². The lowest BCUT2D eigenvalue weighted by Crippen LogP contribution is -2.48. The molecule has 3 aliphatic rings. The van der Waals surface area contributed by atoms with Crippen LogP contribution in [0.4, 0.5) is 0 Å². The van der Waals surface area contributed by atoms with Gasteiger partial charge in [0.15, 0.2) is 5.78 Å². The van der Waals surface area contributed by atoms with Gasteiger partial charge < -0.3 is 9.47 Å². The van der Waals surface area contributed by atoms with Gasteiger partial charge in [0, 0.05) is 25.4 Å². The van der Waals surface area contributed by atoms with Gasteiger partial charge >= 0.3 is 0 Å². The average molecular weight is 284 g/mol. The topological polar surface area (TPSA) is 35.5 Å². The first-order valence-electron chi connectivity index (χ1n) is 7.51. The van der Waals surface area contributed by atoms with Crippen molar-refractivity contribution in [2.24, 2.45) is 5.92 Å². The highest BCUT2D eigenvalue weighted by atomic mass is 32.2. The summed E-state index contributed by atoms with van der Waals surface area (Å²) >= 11 is 1.96. The van der Waals surface area contributed by atoms with Gasteiger partial charge in [0.2, 0.25) is 0 Å². The molecular weight excluding hydrogens is 260 g/mol. The minimum atomic E-state index is -0.463. The number of Topliss-reactive ketones (excluding diaryl/α,β-unsaturated/α-hetero) is 1. The molecule has 0 radical (unpaired) electrons. The van der Waals surface area contributed by atoms with E-state index >= 15 is 0 Å². The number of methoxy groups -OCH3 is 1. The van der Waals surface area contributed by atoms with Gasteiger partial charge in [0.1, 0.15) is 5.60 Å². The molecule has 0 aromatic rings. The van der Waals surface area contributed by atoms with Crippen LogP contribution in [0.15, 0.2) is 0 Å². The molecular formula is C15H24O3S. The maximum Gasteiger partial charge on any atom is 0.167 e. The fraction of sp³-hybridized carbons (Fsp3) is 0.933. The van der Waals surface area contributed by atoms with E-state index < -0.39 is 5.60 Å². The number of carbonyl (C=O) groups is 1. The number of ether oxygens (including phenoxy) is 2. The van der Waals surface area contributed by atoms with E-state index in [9.17, 15) is 4.79 Å². The Bertz CT molecular complexity index is 343. The second-order valence-electron chi connectivity index (χ2n) is 6.29. The molecule has 1 aliphatic carbocycles. The Morgan fingerprint density at radius 3 is 2.74 bits per heavy atom. The SMILES string of the molecule is COC1(C(=O)C2CCOC3(CCSC3)C2)CCCC1. The van der Waals surface area contributed by atoms with Crippen LogP contribution in [0.3, 0.4) is 0 Å². The molecule has 0 aromatic heterocycles. The molecule has 2 unspecified atom stereocenters. The zero-order valence-electron chi connectivity index (χ0n) is 11.8. The van der Waals surface area contributed by atoms with Crippen LogP contribution < -0.4 is 0 Å². The van der Waals surface area contributed by atoms with Crippen LogP contribution in [0, 0.1) is 5.92 Å². The molecule has 0 amide bonds. The Balaban J connectivity index is 1.72. The van der Waals surface area contributed by atoms with Crippen molar-refractivity contribution in [3.05, 3.63) is 0 Å². The fourth-order valence-electron chi connectivity index (χ4n) is 3.98. The maximum atomic E-state index is 12.9. The van der Waals surface area contributed by atoms with Gasteiger partial charge in [-0.2, -0.15) is 11.8 Å². The maximum absolute atomic E-state index is 12.9.